The Morgan fingerprint density at radius 2 is 2.12 bits per heavy atom. The standard InChI is InChI=1S/C18H29N5O.HI/c1-2-19-18(23-11-7-16(24)14-23)21-13-15-6-8-20-17(12-15)22-9-4-3-5-10-22;/h6,8,12,16,24H,2-5,7,9-11,13-14H2,1H3,(H,19,21);1H/t16-;/m1./s1. The third-order valence-corrected chi connectivity index (χ3v) is 4.70. The van der Waals surface area contributed by atoms with Gasteiger partial charge in [-0.2, -0.15) is 0 Å². The van der Waals surface area contributed by atoms with E-state index >= 15 is 0 Å². The van der Waals surface area contributed by atoms with Crippen LogP contribution in [0.25, 0.3) is 0 Å². The quantitative estimate of drug-likeness (QED) is 0.411. The van der Waals surface area contributed by atoms with E-state index in [0.29, 0.717) is 13.1 Å². The van der Waals surface area contributed by atoms with Crippen LogP contribution in [-0.2, 0) is 6.54 Å². The van der Waals surface area contributed by atoms with Crippen molar-refractivity contribution in [3.63, 3.8) is 0 Å². The van der Waals surface area contributed by atoms with Crippen molar-refractivity contribution in [2.24, 2.45) is 4.99 Å². The SMILES string of the molecule is CCNC(=NCc1ccnc(N2CCCCC2)c1)N1CC[C@@H](O)C1.I. The van der Waals surface area contributed by atoms with Gasteiger partial charge in [-0.3, -0.25) is 0 Å². The summed E-state index contributed by atoms with van der Waals surface area (Å²) in [4.78, 5) is 13.8. The molecule has 0 aromatic carbocycles. The summed E-state index contributed by atoms with van der Waals surface area (Å²) in [6.45, 7) is 7.29. The van der Waals surface area contributed by atoms with Crippen LogP contribution in [0.5, 0.6) is 0 Å². The summed E-state index contributed by atoms with van der Waals surface area (Å²) in [5, 5.41) is 13.1. The Hall–Kier alpha value is -1.09. The van der Waals surface area contributed by atoms with E-state index in [-0.39, 0.29) is 30.1 Å². The molecule has 25 heavy (non-hydrogen) atoms. The van der Waals surface area contributed by atoms with Crippen molar-refractivity contribution in [1.82, 2.24) is 15.2 Å². The molecule has 3 rings (SSSR count). The number of rotatable bonds is 4. The van der Waals surface area contributed by atoms with Crippen LogP contribution >= 0.6 is 24.0 Å². The molecule has 140 valence electrons. The van der Waals surface area contributed by atoms with Crippen LogP contribution in [0.2, 0.25) is 0 Å². The van der Waals surface area contributed by atoms with Gasteiger partial charge in [-0.1, -0.05) is 0 Å². The van der Waals surface area contributed by atoms with Crippen molar-refractivity contribution in [3.8, 4) is 0 Å². The van der Waals surface area contributed by atoms with Gasteiger partial charge in [-0.25, -0.2) is 9.98 Å². The monoisotopic (exact) mass is 459 g/mol. The average Bonchev–Trinajstić information content (AvgIpc) is 3.06. The first kappa shape index (κ1) is 20.2. The van der Waals surface area contributed by atoms with Gasteiger partial charge in [0.15, 0.2) is 5.96 Å². The molecule has 6 nitrogen and oxygen atoms in total. The van der Waals surface area contributed by atoms with Crippen molar-refractivity contribution in [2.75, 3.05) is 37.6 Å². The highest BCUT2D eigenvalue weighted by Gasteiger charge is 2.22. The van der Waals surface area contributed by atoms with Crippen LogP contribution < -0.4 is 10.2 Å². The lowest BCUT2D eigenvalue weighted by atomic mass is 10.1. The highest BCUT2D eigenvalue weighted by molar-refractivity contribution is 14.0. The summed E-state index contributed by atoms with van der Waals surface area (Å²) in [5.74, 6) is 1.97. The number of halogens is 1. The summed E-state index contributed by atoms with van der Waals surface area (Å²) in [5.41, 5.74) is 1.18. The number of guanidine groups is 1. The molecule has 0 radical (unpaired) electrons. The van der Waals surface area contributed by atoms with Gasteiger partial charge in [-0.05, 0) is 50.3 Å². The van der Waals surface area contributed by atoms with E-state index < -0.39 is 0 Å². The predicted octanol–water partition coefficient (Wildman–Crippen LogP) is 2.22. The minimum Gasteiger partial charge on any atom is -0.391 e. The fraction of sp³-hybridized carbons (Fsp3) is 0.667. The van der Waals surface area contributed by atoms with E-state index in [4.69, 9.17) is 4.99 Å². The van der Waals surface area contributed by atoms with Gasteiger partial charge in [0.25, 0.3) is 0 Å². The normalized spacial score (nSPS) is 21.2. The number of aromatic nitrogens is 1. The van der Waals surface area contributed by atoms with Crippen molar-refractivity contribution in [1.29, 1.82) is 0 Å². The Labute approximate surface area is 167 Å². The van der Waals surface area contributed by atoms with E-state index in [9.17, 15) is 5.11 Å². The number of aliphatic imine (C=N–C) groups is 1. The van der Waals surface area contributed by atoms with Gasteiger partial charge in [0.05, 0.1) is 12.6 Å². The van der Waals surface area contributed by atoms with Crippen molar-refractivity contribution < 1.29 is 5.11 Å². The lowest BCUT2D eigenvalue weighted by Gasteiger charge is -2.27. The third-order valence-electron chi connectivity index (χ3n) is 4.70. The van der Waals surface area contributed by atoms with E-state index in [1.54, 1.807) is 0 Å². The molecule has 1 aromatic rings. The zero-order valence-corrected chi connectivity index (χ0v) is 17.4. The Balaban J connectivity index is 0.00000225. The number of β-amino-alcohol motifs (C(OH)–C–C–N with tert-alkyl or cyclic N) is 1. The zero-order valence-electron chi connectivity index (χ0n) is 15.0. The first-order valence-corrected chi connectivity index (χ1v) is 9.17. The number of nitrogens with zero attached hydrogens (tertiary/aromatic N) is 4. The number of pyridine rings is 1. The topological polar surface area (TPSA) is 64.0 Å². The number of hydrogen-bond donors (Lipinski definition) is 2. The Morgan fingerprint density at radius 3 is 2.80 bits per heavy atom. The molecule has 0 bridgehead atoms. The summed E-state index contributed by atoms with van der Waals surface area (Å²) in [6, 6.07) is 4.20. The number of anilines is 1. The van der Waals surface area contributed by atoms with Crippen molar-refractivity contribution in [2.45, 2.75) is 45.3 Å². The molecule has 1 atom stereocenters. The summed E-state index contributed by atoms with van der Waals surface area (Å²) in [6.07, 6.45) is 6.31. The maximum atomic E-state index is 9.74. The molecule has 2 fully saturated rings. The first-order valence-electron chi connectivity index (χ1n) is 9.17. The van der Waals surface area contributed by atoms with Gasteiger partial charge < -0.3 is 20.2 Å². The first-order chi connectivity index (χ1) is 11.8. The highest BCUT2D eigenvalue weighted by atomic mass is 127. The predicted molar refractivity (Wildman–Crippen MR) is 113 cm³/mol. The van der Waals surface area contributed by atoms with E-state index in [2.05, 4.69) is 33.1 Å². The number of aliphatic hydroxyl groups is 1. The molecule has 0 amide bonds. The maximum absolute atomic E-state index is 9.74. The van der Waals surface area contributed by atoms with Crippen LogP contribution in [0.3, 0.4) is 0 Å². The highest BCUT2D eigenvalue weighted by Crippen LogP contribution is 2.19. The average molecular weight is 459 g/mol. The van der Waals surface area contributed by atoms with Gasteiger partial charge in [0.2, 0.25) is 0 Å². The van der Waals surface area contributed by atoms with E-state index in [0.717, 1.165) is 44.4 Å². The van der Waals surface area contributed by atoms with Crippen molar-refractivity contribution >= 4 is 35.8 Å². The van der Waals surface area contributed by atoms with E-state index in [1.807, 2.05) is 12.3 Å². The van der Waals surface area contributed by atoms with Crippen molar-refractivity contribution in [3.05, 3.63) is 23.9 Å². The van der Waals surface area contributed by atoms with Gasteiger partial charge in [-0.15, -0.1) is 24.0 Å². The molecule has 2 aliphatic rings. The van der Waals surface area contributed by atoms with Crippen LogP contribution in [-0.4, -0.2) is 59.8 Å². The van der Waals surface area contributed by atoms with Gasteiger partial charge in [0, 0.05) is 38.9 Å². The molecule has 2 saturated heterocycles. The molecule has 3 heterocycles. The van der Waals surface area contributed by atoms with Crippen LogP contribution in [0, 0.1) is 0 Å². The number of hydrogen-bond acceptors (Lipinski definition) is 4. The van der Waals surface area contributed by atoms with Crippen LogP contribution in [0.4, 0.5) is 5.82 Å². The number of piperidine rings is 1. The van der Waals surface area contributed by atoms with Crippen LogP contribution in [0.1, 0.15) is 38.2 Å². The lowest BCUT2D eigenvalue weighted by molar-refractivity contribution is 0.188. The Bertz CT molecular complexity index is 562. The second kappa shape index (κ2) is 10.2. The van der Waals surface area contributed by atoms with E-state index in [1.165, 1.54) is 24.8 Å². The molecule has 2 N–H and O–H groups in total. The molecule has 0 saturated carbocycles. The Kier molecular flexibility index (Phi) is 8.21. The number of aliphatic hydroxyl groups excluding tert-OH is 1. The minimum absolute atomic E-state index is 0. The number of nitrogens with one attached hydrogen (secondary N) is 1. The molecular weight excluding hydrogens is 429 g/mol. The molecule has 2 aliphatic heterocycles. The molecular formula is C18H30IN5O. The van der Waals surface area contributed by atoms with Crippen LogP contribution in [0.15, 0.2) is 23.3 Å². The summed E-state index contributed by atoms with van der Waals surface area (Å²) >= 11 is 0. The maximum Gasteiger partial charge on any atom is 0.194 e. The third kappa shape index (κ3) is 5.70. The Morgan fingerprint density at radius 1 is 1.32 bits per heavy atom. The fourth-order valence-corrected chi connectivity index (χ4v) is 3.38. The fourth-order valence-electron chi connectivity index (χ4n) is 3.38. The summed E-state index contributed by atoms with van der Waals surface area (Å²) in [7, 11) is 0. The molecule has 0 spiro atoms. The molecule has 7 heteroatoms. The summed E-state index contributed by atoms with van der Waals surface area (Å²) < 4.78 is 0. The zero-order chi connectivity index (χ0) is 16.8. The molecule has 0 aliphatic carbocycles. The van der Waals surface area contributed by atoms with Gasteiger partial charge in [0.1, 0.15) is 5.82 Å². The smallest absolute Gasteiger partial charge is 0.194 e. The minimum atomic E-state index is -0.236. The second-order valence-corrected chi connectivity index (χ2v) is 6.63. The van der Waals surface area contributed by atoms with Gasteiger partial charge >= 0.3 is 0 Å². The second-order valence-electron chi connectivity index (χ2n) is 6.63. The number of likely N-dealkylation sites (tertiary alicyclic amines) is 1. The molecule has 0 unspecified atom stereocenters. The molecule has 1 aromatic heterocycles. The lowest BCUT2D eigenvalue weighted by Crippen LogP contribution is -2.40. The largest absolute Gasteiger partial charge is 0.391 e.